The summed E-state index contributed by atoms with van der Waals surface area (Å²) < 4.78 is 24.4. The average Bonchev–Trinajstić information content (AvgIpc) is 3.39. The van der Waals surface area contributed by atoms with Crippen molar-refractivity contribution in [3.05, 3.63) is 109 Å². The Morgan fingerprint density at radius 1 is 0.911 bits per heavy atom. The number of nitrogens with zero attached hydrogens (tertiary/aromatic N) is 3. The summed E-state index contributed by atoms with van der Waals surface area (Å²) in [5, 5.41) is 0. The molecule has 0 aliphatic carbocycles. The van der Waals surface area contributed by atoms with E-state index in [9.17, 15) is 9.59 Å². The SMILES string of the molecule is CCOC(=O)C1=C(c2ccccc2)N=c2s/c(=C\c3ccc(N(CC)CC)cc3OC)c(=O)n2[C@H]1c1ccc(OC)c(OC)c1. The van der Waals surface area contributed by atoms with Crippen LogP contribution in [0.2, 0.25) is 0 Å². The number of hydrogen-bond donors (Lipinski definition) is 0. The number of carbonyl (C=O) groups is 1. The monoisotopic (exact) mass is 627 g/mol. The number of ether oxygens (including phenoxy) is 4. The van der Waals surface area contributed by atoms with Gasteiger partial charge in [0.15, 0.2) is 16.3 Å². The standard InChI is InChI=1S/C35H37N3O6S/c1-7-37(8-2)25-17-15-23(27(21-25)42-5)20-29-33(39)38-32(24-16-18-26(41-4)28(19-24)43-6)30(34(40)44-9-3)31(36-35(38)45-29)22-13-11-10-12-14-22/h10-21,32H,7-9H2,1-6H3/b29-20-/t32-/m0/s1. The first-order chi connectivity index (χ1) is 21.9. The molecule has 0 bridgehead atoms. The number of anilines is 1. The highest BCUT2D eigenvalue weighted by molar-refractivity contribution is 7.07. The molecule has 10 heteroatoms. The fourth-order valence-electron chi connectivity index (χ4n) is 5.52. The van der Waals surface area contributed by atoms with Crippen LogP contribution < -0.4 is 34.0 Å². The first-order valence-corrected chi connectivity index (χ1v) is 15.6. The van der Waals surface area contributed by atoms with Crippen LogP contribution in [-0.4, -0.2) is 51.6 Å². The van der Waals surface area contributed by atoms with E-state index in [-0.39, 0.29) is 17.7 Å². The molecule has 0 N–H and O–H groups in total. The maximum atomic E-state index is 14.3. The van der Waals surface area contributed by atoms with Gasteiger partial charge in [0, 0.05) is 36.0 Å². The van der Waals surface area contributed by atoms with E-state index in [4.69, 9.17) is 23.9 Å². The summed E-state index contributed by atoms with van der Waals surface area (Å²) in [5.74, 6) is 1.09. The van der Waals surface area contributed by atoms with Gasteiger partial charge in [-0.25, -0.2) is 9.79 Å². The molecule has 0 saturated heterocycles. The second-order valence-electron chi connectivity index (χ2n) is 10.1. The Morgan fingerprint density at radius 2 is 1.62 bits per heavy atom. The summed E-state index contributed by atoms with van der Waals surface area (Å²) in [4.78, 5) is 35.7. The van der Waals surface area contributed by atoms with E-state index in [1.165, 1.54) is 11.3 Å². The zero-order chi connectivity index (χ0) is 32.1. The predicted molar refractivity (Wildman–Crippen MR) is 177 cm³/mol. The van der Waals surface area contributed by atoms with Crippen LogP contribution in [0.1, 0.15) is 43.5 Å². The number of carbonyl (C=O) groups excluding carboxylic acids is 1. The topological polar surface area (TPSA) is 91.6 Å². The minimum Gasteiger partial charge on any atom is -0.496 e. The Balaban J connectivity index is 1.80. The normalized spacial score (nSPS) is 14.4. The van der Waals surface area contributed by atoms with Crippen LogP contribution in [-0.2, 0) is 9.53 Å². The van der Waals surface area contributed by atoms with Gasteiger partial charge >= 0.3 is 5.97 Å². The highest BCUT2D eigenvalue weighted by Crippen LogP contribution is 2.38. The molecule has 1 aliphatic heterocycles. The van der Waals surface area contributed by atoms with Crippen molar-refractivity contribution in [3.63, 3.8) is 0 Å². The van der Waals surface area contributed by atoms with Gasteiger partial charge in [0.2, 0.25) is 0 Å². The summed E-state index contributed by atoms with van der Waals surface area (Å²) in [6.45, 7) is 7.85. The van der Waals surface area contributed by atoms with Gasteiger partial charge in [-0.1, -0.05) is 47.7 Å². The predicted octanol–water partition coefficient (Wildman–Crippen LogP) is 4.81. The lowest BCUT2D eigenvalue weighted by Crippen LogP contribution is -2.40. The van der Waals surface area contributed by atoms with Crippen molar-refractivity contribution in [1.82, 2.24) is 4.57 Å². The molecular formula is C35H37N3O6S. The molecular weight excluding hydrogens is 590 g/mol. The quantitative estimate of drug-likeness (QED) is 0.221. The van der Waals surface area contributed by atoms with Crippen molar-refractivity contribution in [2.75, 3.05) is 45.9 Å². The Morgan fingerprint density at radius 3 is 2.27 bits per heavy atom. The first-order valence-electron chi connectivity index (χ1n) is 14.8. The minimum atomic E-state index is -0.843. The zero-order valence-electron chi connectivity index (χ0n) is 26.3. The van der Waals surface area contributed by atoms with E-state index in [1.54, 1.807) is 45.0 Å². The van der Waals surface area contributed by atoms with Crippen molar-refractivity contribution in [2.45, 2.75) is 26.8 Å². The summed E-state index contributed by atoms with van der Waals surface area (Å²) >= 11 is 1.26. The molecule has 0 radical (unpaired) electrons. The molecule has 5 rings (SSSR count). The van der Waals surface area contributed by atoms with Crippen LogP contribution in [0.3, 0.4) is 0 Å². The maximum absolute atomic E-state index is 14.3. The smallest absolute Gasteiger partial charge is 0.338 e. The first kappa shape index (κ1) is 31.6. The summed E-state index contributed by atoms with van der Waals surface area (Å²) in [7, 11) is 4.72. The van der Waals surface area contributed by atoms with Crippen LogP contribution >= 0.6 is 11.3 Å². The average molecular weight is 628 g/mol. The van der Waals surface area contributed by atoms with Crippen molar-refractivity contribution < 1.29 is 23.7 Å². The lowest BCUT2D eigenvalue weighted by atomic mass is 9.93. The van der Waals surface area contributed by atoms with Crippen LogP contribution in [0, 0.1) is 0 Å². The van der Waals surface area contributed by atoms with Crippen LogP contribution in [0.15, 0.2) is 82.1 Å². The van der Waals surface area contributed by atoms with Crippen LogP contribution in [0.4, 0.5) is 5.69 Å². The Labute approximate surface area is 266 Å². The van der Waals surface area contributed by atoms with Gasteiger partial charge in [0.05, 0.1) is 49.8 Å². The van der Waals surface area contributed by atoms with Crippen LogP contribution in [0.25, 0.3) is 11.8 Å². The van der Waals surface area contributed by atoms with Crippen molar-refractivity contribution in [1.29, 1.82) is 0 Å². The van der Waals surface area contributed by atoms with E-state index < -0.39 is 12.0 Å². The van der Waals surface area contributed by atoms with Gasteiger partial charge in [-0.3, -0.25) is 9.36 Å². The molecule has 0 fully saturated rings. The molecule has 0 amide bonds. The number of fused-ring (bicyclic) bond motifs is 1. The second-order valence-corrected chi connectivity index (χ2v) is 11.2. The highest BCUT2D eigenvalue weighted by atomic mass is 32.1. The minimum absolute atomic E-state index is 0.163. The fraction of sp³-hybridized carbons (Fsp3) is 0.286. The summed E-state index contributed by atoms with van der Waals surface area (Å²) in [6, 6.07) is 19.9. The third-order valence-corrected chi connectivity index (χ3v) is 8.71. The number of esters is 1. The molecule has 1 aliphatic rings. The van der Waals surface area contributed by atoms with Crippen molar-refractivity contribution in [3.8, 4) is 17.2 Å². The van der Waals surface area contributed by atoms with Gasteiger partial charge in [0.25, 0.3) is 5.56 Å². The Bertz CT molecular complexity index is 1910. The van der Waals surface area contributed by atoms with Gasteiger partial charge in [-0.2, -0.15) is 0 Å². The zero-order valence-corrected chi connectivity index (χ0v) is 27.1. The Hall–Kier alpha value is -4.83. The van der Waals surface area contributed by atoms with Crippen molar-refractivity contribution in [2.24, 2.45) is 4.99 Å². The fourth-order valence-corrected chi connectivity index (χ4v) is 6.52. The van der Waals surface area contributed by atoms with Crippen molar-refractivity contribution >= 4 is 34.8 Å². The molecule has 2 heterocycles. The molecule has 45 heavy (non-hydrogen) atoms. The number of hydrogen-bond acceptors (Lipinski definition) is 9. The van der Waals surface area contributed by atoms with E-state index in [0.717, 1.165) is 29.9 Å². The summed E-state index contributed by atoms with van der Waals surface area (Å²) in [5.41, 5.74) is 3.59. The molecule has 0 saturated carbocycles. The second kappa shape index (κ2) is 13.9. The molecule has 1 aromatic heterocycles. The molecule has 9 nitrogen and oxygen atoms in total. The van der Waals surface area contributed by atoms with E-state index >= 15 is 0 Å². The number of thiazole rings is 1. The largest absolute Gasteiger partial charge is 0.496 e. The van der Waals surface area contributed by atoms with E-state index in [0.29, 0.717) is 37.8 Å². The number of methoxy groups -OCH3 is 3. The number of rotatable bonds is 11. The maximum Gasteiger partial charge on any atom is 0.338 e. The van der Waals surface area contributed by atoms with Gasteiger partial charge < -0.3 is 23.8 Å². The third-order valence-electron chi connectivity index (χ3n) is 7.73. The molecule has 3 aromatic carbocycles. The van der Waals surface area contributed by atoms with Gasteiger partial charge in [-0.05, 0) is 56.7 Å². The van der Waals surface area contributed by atoms with E-state index in [1.807, 2.05) is 60.7 Å². The Kier molecular flexibility index (Phi) is 9.73. The van der Waals surface area contributed by atoms with E-state index in [2.05, 4.69) is 18.7 Å². The lowest BCUT2D eigenvalue weighted by molar-refractivity contribution is -0.138. The molecule has 0 spiro atoms. The van der Waals surface area contributed by atoms with Crippen LogP contribution in [0.5, 0.6) is 17.2 Å². The molecule has 0 unspecified atom stereocenters. The summed E-state index contributed by atoms with van der Waals surface area (Å²) in [6.07, 6.45) is 1.82. The highest BCUT2D eigenvalue weighted by Gasteiger charge is 2.35. The van der Waals surface area contributed by atoms with Gasteiger partial charge in [0.1, 0.15) is 5.75 Å². The number of benzene rings is 3. The van der Waals surface area contributed by atoms with Gasteiger partial charge in [-0.15, -0.1) is 0 Å². The molecule has 234 valence electrons. The number of aromatic nitrogens is 1. The third kappa shape index (κ3) is 6.10. The lowest BCUT2D eigenvalue weighted by Gasteiger charge is -2.26. The molecule has 4 aromatic rings. The molecule has 1 atom stereocenters.